The first-order valence-corrected chi connectivity index (χ1v) is 8.53. The van der Waals surface area contributed by atoms with Crippen LogP contribution in [0.2, 0.25) is 0 Å². The molecule has 3 aromatic carbocycles. The lowest BCUT2D eigenvalue weighted by atomic mass is 9.94. The van der Waals surface area contributed by atoms with Gasteiger partial charge in [-0.1, -0.05) is 30.3 Å². The van der Waals surface area contributed by atoms with Gasteiger partial charge in [-0.15, -0.1) is 0 Å². The Morgan fingerprint density at radius 3 is 2.56 bits per heavy atom. The van der Waals surface area contributed by atoms with Gasteiger partial charge in [-0.3, -0.25) is 0 Å². The fourth-order valence-electron chi connectivity index (χ4n) is 3.15. The van der Waals surface area contributed by atoms with Crippen LogP contribution in [0.25, 0.3) is 32.0 Å². The maximum absolute atomic E-state index is 12.1. The summed E-state index contributed by atoms with van der Waals surface area (Å²) in [7, 11) is 3.06. The number of aromatic nitrogens is 1. The summed E-state index contributed by atoms with van der Waals surface area (Å²) in [5, 5.41) is 2.90. The van der Waals surface area contributed by atoms with E-state index >= 15 is 0 Å². The zero-order chi connectivity index (χ0) is 17.4. The molecule has 0 aliphatic carbocycles. The Labute approximate surface area is 148 Å². The fourth-order valence-corrected chi connectivity index (χ4v) is 3.95. The van der Waals surface area contributed by atoms with E-state index in [2.05, 4.69) is 4.37 Å². The van der Waals surface area contributed by atoms with E-state index in [4.69, 9.17) is 9.47 Å². The predicted molar refractivity (Wildman–Crippen MR) is 100 cm³/mol. The fraction of sp³-hybridized carbons (Fsp3) is 0.100. The number of esters is 1. The van der Waals surface area contributed by atoms with Gasteiger partial charge >= 0.3 is 5.97 Å². The lowest BCUT2D eigenvalue weighted by Crippen LogP contribution is -2.02. The summed E-state index contributed by atoms with van der Waals surface area (Å²) in [6, 6.07) is 15.5. The molecule has 0 bridgehead atoms. The maximum Gasteiger partial charge on any atom is 0.338 e. The van der Waals surface area contributed by atoms with Gasteiger partial charge in [0.15, 0.2) is 0 Å². The molecule has 0 amide bonds. The second-order valence-electron chi connectivity index (χ2n) is 5.58. The molecular weight excluding hydrogens is 334 g/mol. The van der Waals surface area contributed by atoms with Crippen molar-refractivity contribution in [2.75, 3.05) is 14.2 Å². The summed E-state index contributed by atoms with van der Waals surface area (Å²) in [5.41, 5.74) is 2.56. The van der Waals surface area contributed by atoms with Crippen molar-refractivity contribution in [3.05, 3.63) is 60.3 Å². The predicted octanol–water partition coefficient (Wildman–Crippen LogP) is 4.91. The highest BCUT2D eigenvalue weighted by molar-refractivity contribution is 7.14. The zero-order valence-corrected chi connectivity index (χ0v) is 14.6. The Morgan fingerprint density at radius 1 is 1.00 bits per heavy atom. The Bertz CT molecular complexity index is 1100. The van der Waals surface area contributed by atoms with Crippen LogP contribution in [0.1, 0.15) is 10.4 Å². The quantitative estimate of drug-likeness (QED) is 0.493. The minimum atomic E-state index is -0.342. The molecule has 25 heavy (non-hydrogen) atoms. The van der Waals surface area contributed by atoms with Crippen molar-refractivity contribution in [3.63, 3.8) is 0 Å². The first-order valence-electron chi connectivity index (χ1n) is 7.76. The van der Waals surface area contributed by atoms with Gasteiger partial charge in [-0.05, 0) is 46.1 Å². The molecule has 0 unspecified atom stereocenters. The van der Waals surface area contributed by atoms with E-state index in [-0.39, 0.29) is 5.97 Å². The van der Waals surface area contributed by atoms with Crippen molar-refractivity contribution < 1.29 is 14.3 Å². The number of rotatable bonds is 3. The third-order valence-electron chi connectivity index (χ3n) is 4.30. The molecule has 0 atom stereocenters. The van der Waals surface area contributed by atoms with Gasteiger partial charge in [-0.2, -0.15) is 4.37 Å². The average Bonchev–Trinajstić information content (AvgIpc) is 3.14. The van der Waals surface area contributed by atoms with Crippen LogP contribution in [0.5, 0.6) is 5.75 Å². The summed E-state index contributed by atoms with van der Waals surface area (Å²) in [6.07, 6.45) is 1.86. The van der Waals surface area contributed by atoms with E-state index in [0.717, 1.165) is 37.7 Å². The van der Waals surface area contributed by atoms with Crippen molar-refractivity contribution in [1.29, 1.82) is 0 Å². The van der Waals surface area contributed by atoms with Gasteiger partial charge < -0.3 is 9.47 Å². The molecule has 124 valence electrons. The third-order valence-corrected chi connectivity index (χ3v) is 5.14. The number of fused-ring (bicyclic) bond motifs is 2. The number of hydrogen-bond donors (Lipinski definition) is 0. The number of nitrogens with zero attached hydrogens (tertiary/aromatic N) is 1. The zero-order valence-electron chi connectivity index (χ0n) is 13.8. The number of methoxy groups -OCH3 is 2. The molecule has 0 aliphatic rings. The highest BCUT2D eigenvalue weighted by Crippen LogP contribution is 2.42. The smallest absolute Gasteiger partial charge is 0.338 e. The highest BCUT2D eigenvalue weighted by Gasteiger charge is 2.18. The molecule has 0 saturated carbocycles. The molecule has 0 saturated heterocycles. The van der Waals surface area contributed by atoms with Crippen molar-refractivity contribution in [2.45, 2.75) is 0 Å². The molecule has 4 nitrogen and oxygen atoms in total. The van der Waals surface area contributed by atoms with Crippen LogP contribution in [0.3, 0.4) is 0 Å². The minimum absolute atomic E-state index is 0.342. The van der Waals surface area contributed by atoms with Crippen molar-refractivity contribution in [1.82, 2.24) is 4.37 Å². The molecule has 0 spiro atoms. The highest BCUT2D eigenvalue weighted by atomic mass is 32.1. The summed E-state index contributed by atoms with van der Waals surface area (Å²) < 4.78 is 15.9. The number of benzene rings is 3. The van der Waals surface area contributed by atoms with E-state index < -0.39 is 0 Å². The van der Waals surface area contributed by atoms with Gasteiger partial charge in [0, 0.05) is 17.1 Å². The number of carbonyl (C=O) groups excluding carboxylic acids is 1. The normalized spacial score (nSPS) is 11.0. The summed E-state index contributed by atoms with van der Waals surface area (Å²) in [4.78, 5) is 12.1. The minimum Gasteiger partial charge on any atom is -0.496 e. The standard InChI is InChI=1S/C20H15NO3S/c1-23-17-10-7-12-11-21-25-19(12)18(17)15-8-9-16(20(22)24-2)14-6-4-3-5-13(14)15/h3-11H,1-2H3. The Morgan fingerprint density at radius 2 is 1.80 bits per heavy atom. The first kappa shape index (κ1) is 15.6. The lowest BCUT2D eigenvalue weighted by molar-refractivity contribution is 0.0603. The van der Waals surface area contributed by atoms with Crippen molar-refractivity contribution in [3.8, 4) is 16.9 Å². The van der Waals surface area contributed by atoms with E-state index in [1.807, 2.05) is 54.7 Å². The van der Waals surface area contributed by atoms with Gasteiger partial charge in [0.2, 0.25) is 0 Å². The van der Waals surface area contributed by atoms with Crippen LogP contribution < -0.4 is 4.74 Å². The van der Waals surface area contributed by atoms with Crippen molar-refractivity contribution >= 4 is 38.4 Å². The van der Waals surface area contributed by atoms with Crippen LogP contribution in [0.15, 0.2) is 54.7 Å². The van der Waals surface area contributed by atoms with Gasteiger partial charge in [0.1, 0.15) is 5.75 Å². The number of carbonyl (C=O) groups is 1. The van der Waals surface area contributed by atoms with Gasteiger partial charge in [0.25, 0.3) is 0 Å². The van der Waals surface area contributed by atoms with E-state index in [1.54, 1.807) is 7.11 Å². The second-order valence-corrected chi connectivity index (χ2v) is 6.39. The molecular formula is C20H15NO3S. The molecule has 0 N–H and O–H groups in total. The molecule has 4 rings (SSSR count). The van der Waals surface area contributed by atoms with E-state index in [9.17, 15) is 4.79 Å². The molecule has 5 heteroatoms. The Hall–Kier alpha value is -2.92. The van der Waals surface area contributed by atoms with E-state index in [1.165, 1.54) is 18.6 Å². The van der Waals surface area contributed by atoms with Crippen LogP contribution in [-0.2, 0) is 4.74 Å². The van der Waals surface area contributed by atoms with Gasteiger partial charge in [-0.25, -0.2) is 4.79 Å². The second kappa shape index (κ2) is 6.18. The number of ether oxygens (including phenoxy) is 2. The lowest BCUT2D eigenvalue weighted by Gasteiger charge is -2.14. The van der Waals surface area contributed by atoms with Crippen molar-refractivity contribution in [2.24, 2.45) is 0 Å². The molecule has 1 heterocycles. The first-order chi connectivity index (χ1) is 12.2. The van der Waals surface area contributed by atoms with Crippen LogP contribution >= 0.6 is 11.5 Å². The Kier molecular flexibility index (Phi) is 3.86. The third kappa shape index (κ3) is 2.44. The number of hydrogen-bond acceptors (Lipinski definition) is 5. The molecule has 4 aromatic rings. The summed E-state index contributed by atoms with van der Waals surface area (Å²) in [5.74, 6) is 0.443. The molecule has 1 aromatic heterocycles. The van der Waals surface area contributed by atoms with Crippen LogP contribution in [0, 0.1) is 0 Å². The largest absolute Gasteiger partial charge is 0.496 e. The topological polar surface area (TPSA) is 48.4 Å². The molecule has 0 radical (unpaired) electrons. The van der Waals surface area contributed by atoms with Crippen LogP contribution in [0.4, 0.5) is 0 Å². The summed E-state index contributed by atoms with van der Waals surface area (Å²) >= 11 is 1.44. The molecule has 0 aliphatic heterocycles. The Balaban J connectivity index is 2.10. The molecule has 0 fully saturated rings. The van der Waals surface area contributed by atoms with Gasteiger partial charge in [0.05, 0.1) is 24.5 Å². The maximum atomic E-state index is 12.1. The SMILES string of the molecule is COC(=O)c1ccc(-c2c(OC)ccc3cnsc23)c2ccccc12. The van der Waals surface area contributed by atoms with Crippen LogP contribution in [-0.4, -0.2) is 24.6 Å². The monoisotopic (exact) mass is 349 g/mol. The summed E-state index contributed by atoms with van der Waals surface area (Å²) in [6.45, 7) is 0. The van der Waals surface area contributed by atoms with E-state index in [0.29, 0.717) is 5.56 Å². The average molecular weight is 349 g/mol.